The molecule has 6 nitrogen and oxygen atoms in total. The van der Waals surface area contributed by atoms with Gasteiger partial charge in [-0.15, -0.1) is 0 Å². The van der Waals surface area contributed by atoms with Crippen LogP contribution < -0.4 is 14.7 Å². The van der Waals surface area contributed by atoms with E-state index in [0.717, 1.165) is 68.6 Å². The fourth-order valence-electron chi connectivity index (χ4n) is 7.63. The lowest BCUT2D eigenvalue weighted by molar-refractivity contribution is 1.09. The zero-order valence-electron chi connectivity index (χ0n) is 36.8. The summed E-state index contributed by atoms with van der Waals surface area (Å²) >= 11 is 0. The van der Waals surface area contributed by atoms with Crippen molar-refractivity contribution in [3.8, 4) is 0 Å². The SMILES string of the molecule is CC/C=C(\C=C/CN(c1ccccc1)c1ccccc1)C(N=Cc1ccc(N(c2ccccc2)c2ccccc2)cc1)=NC(=NC)c1ccc(N(c2ccccc2)c2ccccc2)cc1. The summed E-state index contributed by atoms with van der Waals surface area (Å²) in [6.07, 6.45) is 9.18. The van der Waals surface area contributed by atoms with Gasteiger partial charge in [-0.1, -0.05) is 146 Å². The van der Waals surface area contributed by atoms with Crippen LogP contribution in [0.15, 0.2) is 269 Å². The summed E-state index contributed by atoms with van der Waals surface area (Å²) in [6.45, 7) is 2.78. The van der Waals surface area contributed by atoms with Crippen molar-refractivity contribution in [1.82, 2.24) is 0 Å². The van der Waals surface area contributed by atoms with Gasteiger partial charge in [0, 0.05) is 76.4 Å². The molecule has 0 bridgehead atoms. The zero-order chi connectivity index (χ0) is 44.5. The largest absolute Gasteiger partial charge is 0.338 e. The Kier molecular flexibility index (Phi) is 14.7. The van der Waals surface area contributed by atoms with Crippen molar-refractivity contribution in [2.24, 2.45) is 15.0 Å². The van der Waals surface area contributed by atoms with E-state index in [1.165, 1.54) is 0 Å². The van der Waals surface area contributed by atoms with Crippen LogP contribution in [0.25, 0.3) is 0 Å². The summed E-state index contributed by atoms with van der Waals surface area (Å²) in [5.74, 6) is 1.14. The standard InChI is InChI=1S/C59H52N6/c1-3-23-48(24-22-45-63(50-25-10-4-11-26-50)51-27-12-5-13-28-51)59(61-46-47-37-41-56(42-38-47)64(52-29-14-6-15-30-52)53-31-16-7-17-32-53)62-58(60-2)49-39-43-57(44-40-49)65(54-33-18-8-19-34-54)55-35-20-9-21-36-55/h4-44,46H,3,45H2,1-2H3/b24-22-,48-23+,60-58?,61-46?,62-59?. The van der Waals surface area contributed by atoms with Crippen molar-refractivity contribution in [2.45, 2.75) is 13.3 Å². The molecule has 0 aliphatic carbocycles. The molecule has 0 amide bonds. The molecule has 0 spiro atoms. The molecule has 0 unspecified atom stereocenters. The number of hydrogen-bond donors (Lipinski definition) is 0. The second kappa shape index (κ2) is 22.1. The van der Waals surface area contributed by atoms with Crippen LogP contribution in [0.3, 0.4) is 0 Å². The molecule has 0 saturated carbocycles. The predicted octanol–water partition coefficient (Wildman–Crippen LogP) is 15.3. The van der Waals surface area contributed by atoms with Crippen LogP contribution in [-0.2, 0) is 0 Å². The van der Waals surface area contributed by atoms with Crippen LogP contribution in [0.4, 0.5) is 45.5 Å². The van der Waals surface area contributed by atoms with E-state index in [2.05, 4.69) is 234 Å². The van der Waals surface area contributed by atoms with Gasteiger partial charge in [0.25, 0.3) is 0 Å². The number of benzene rings is 8. The maximum atomic E-state index is 5.24. The van der Waals surface area contributed by atoms with Gasteiger partial charge in [0.15, 0.2) is 11.7 Å². The smallest absolute Gasteiger partial charge is 0.161 e. The first-order valence-corrected chi connectivity index (χ1v) is 22.0. The van der Waals surface area contributed by atoms with E-state index >= 15 is 0 Å². The number of rotatable bonds is 15. The van der Waals surface area contributed by atoms with Gasteiger partial charge in [-0.05, 0) is 121 Å². The number of aliphatic imine (C=N–C) groups is 3. The van der Waals surface area contributed by atoms with Gasteiger partial charge in [0.2, 0.25) is 0 Å². The molecular weight excluding hydrogens is 793 g/mol. The maximum absolute atomic E-state index is 5.24. The van der Waals surface area contributed by atoms with Crippen molar-refractivity contribution in [1.29, 1.82) is 0 Å². The Hall–Kier alpha value is -8.35. The van der Waals surface area contributed by atoms with Gasteiger partial charge in [0.05, 0.1) is 0 Å². The average molecular weight is 845 g/mol. The van der Waals surface area contributed by atoms with Gasteiger partial charge >= 0.3 is 0 Å². The first-order valence-electron chi connectivity index (χ1n) is 22.0. The highest BCUT2D eigenvalue weighted by Gasteiger charge is 2.15. The molecule has 0 aromatic heterocycles. The first-order chi connectivity index (χ1) is 32.2. The molecule has 0 atom stereocenters. The molecule has 0 aliphatic rings. The number of hydrogen-bond acceptors (Lipinski definition) is 4. The van der Waals surface area contributed by atoms with Crippen molar-refractivity contribution >= 4 is 63.4 Å². The van der Waals surface area contributed by atoms with Crippen LogP contribution in [0.1, 0.15) is 24.5 Å². The number of allylic oxidation sites excluding steroid dienone is 1. The van der Waals surface area contributed by atoms with E-state index in [0.29, 0.717) is 18.2 Å². The summed E-state index contributed by atoms with van der Waals surface area (Å²) in [7, 11) is 1.79. The van der Waals surface area contributed by atoms with E-state index in [1.807, 2.05) is 42.6 Å². The number of nitrogens with zero attached hydrogens (tertiary/aromatic N) is 6. The summed E-state index contributed by atoms with van der Waals surface area (Å²) in [4.78, 5) is 21.9. The number of anilines is 8. The molecule has 8 rings (SSSR count). The van der Waals surface area contributed by atoms with E-state index in [1.54, 1.807) is 7.05 Å². The topological polar surface area (TPSA) is 46.8 Å². The minimum atomic E-state index is 0.563. The fourth-order valence-corrected chi connectivity index (χ4v) is 7.63. The van der Waals surface area contributed by atoms with Crippen LogP contribution in [-0.4, -0.2) is 31.5 Å². The Balaban J connectivity index is 1.14. The zero-order valence-corrected chi connectivity index (χ0v) is 36.8. The normalized spacial score (nSPS) is 12.1. The number of amidine groups is 2. The lowest BCUT2D eigenvalue weighted by Crippen LogP contribution is -2.16. The molecule has 0 radical (unpaired) electrons. The molecule has 65 heavy (non-hydrogen) atoms. The molecule has 0 N–H and O–H groups in total. The van der Waals surface area contributed by atoms with Gasteiger partial charge in [-0.25, -0.2) is 9.98 Å². The lowest BCUT2D eigenvalue weighted by atomic mass is 10.1. The second-order valence-electron chi connectivity index (χ2n) is 15.1. The van der Waals surface area contributed by atoms with Crippen molar-refractivity contribution in [3.05, 3.63) is 265 Å². The van der Waals surface area contributed by atoms with E-state index in [9.17, 15) is 0 Å². The Morgan fingerprint density at radius 1 is 0.446 bits per heavy atom. The van der Waals surface area contributed by atoms with Gasteiger partial charge in [0.1, 0.15) is 0 Å². The van der Waals surface area contributed by atoms with Crippen LogP contribution >= 0.6 is 0 Å². The second-order valence-corrected chi connectivity index (χ2v) is 15.1. The Morgan fingerprint density at radius 3 is 1.20 bits per heavy atom. The Bertz CT molecular complexity index is 2720. The first kappa shape index (κ1) is 43.3. The molecule has 8 aromatic rings. The van der Waals surface area contributed by atoms with Gasteiger partial charge in [-0.3, -0.25) is 4.99 Å². The minimum Gasteiger partial charge on any atom is -0.338 e. The molecule has 6 heteroatoms. The van der Waals surface area contributed by atoms with Crippen molar-refractivity contribution in [2.75, 3.05) is 28.3 Å². The highest BCUT2D eigenvalue weighted by molar-refractivity contribution is 6.15. The van der Waals surface area contributed by atoms with E-state index in [4.69, 9.17) is 15.0 Å². The molecule has 8 aromatic carbocycles. The van der Waals surface area contributed by atoms with Crippen molar-refractivity contribution in [3.63, 3.8) is 0 Å². The molecule has 0 fully saturated rings. The van der Waals surface area contributed by atoms with Crippen LogP contribution in [0, 0.1) is 0 Å². The molecular formula is C59H52N6. The molecule has 0 saturated heterocycles. The minimum absolute atomic E-state index is 0.563. The quantitative estimate of drug-likeness (QED) is 0.0587. The maximum Gasteiger partial charge on any atom is 0.161 e. The van der Waals surface area contributed by atoms with E-state index in [-0.39, 0.29) is 0 Å². The van der Waals surface area contributed by atoms with E-state index < -0.39 is 0 Å². The summed E-state index contributed by atoms with van der Waals surface area (Å²) in [5, 5.41) is 0. The highest BCUT2D eigenvalue weighted by Crippen LogP contribution is 2.36. The molecule has 0 aliphatic heterocycles. The third-order valence-electron chi connectivity index (χ3n) is 10.8. The van der Waals surface area contributed by atoms with Crippen LogP contribution in [0.5, 0.6) is 0 Å². The molecule has 0 heterocycles. The van der Waals surface area contributed by atoms with Crippen molar-refractivity contribution < 1.29 is 0 Å². The lowest BCUT2D eigenvalue weighted by Gasteiger charge is -2.25. The summed E-state index contributed by atoms with van der Waals surface area (Å²) in [6, 6.07) is 79.5. The summed E-state index contributed by atoms with van der Waals surface area (Å²) in [5.41, 5.74) is 11.3. The average Bonchev–Trinajstić information content (AvgIpc) is 3.38. The third-order valence-corrected chi connectivity index (χ3v) is 10.8. The monoisotopic (exact) mass is 844 g/mol. The Morgan fingerprint density at radius 2 is 0.815 bits per heavy atom. The third kappa shape index (κ3) is 11.2. The predicted molar refractivity (Wildman–Crippen MR) is 277 cm³/mol. The highest BCUT2D eigenvalue weighted by atomic mass is 15.1. The van der Waals surface area contributed by atoms with Crippen LogP contribution in [0.2, 0.25) is 0 Å². The summed E-state index contributed by atoms with van der Waals surface area (Å²) < 4.78 is 0. The fraction of sp³-hybridized carbons (Fsp3) is 0.0678. The molecule has 318 valence electrons. The van der Waals surface area contributed by atoms with Gasteiger partial charge < -0.3 is 14.7 Å². The Labute approximate surface area is 383 Å². The van der Waals surface area contributed by atoms with Gasteiger partial charge in [-0.2, -0.15) is 0 Å². The number of para-hydroxylation sites is 6.